The van der Waals surface area contributed by atoms with Crippen LogP contribution in [0.4, 0.5) is 27.6 Å². The molecule has 0 aliphatic heterocycles. The first-order valence-corrected chi connectivity index (χ1v) is 7.84. The second-order valence-electron chi connectivity index (χ2n) is 5.67. The SMILES string of the molecule is COCC(=O)Nc1cc(C(=O)NCc2cccc(F)c2F)cc(C(F)(F)F)c1. The predicted molar refractivity (Wildman–Crippen MR) is 89.5 cm³/mol. The van der Waals surface area contributed by atoms with Crippen LogP contribution in [0.25, 0.3) is 0 Å². The quantitative estimate of drug-likeness (QED) is 0.727. The molecule has 0 aromatic heterocycles. The van der Waals surface area contributed by atoms with E-state index >= 15 is 0 Å². The molecule has 2 N–H and O–H groups in total. The highest BCUT2D eigenvalue weighted by Crippen LogP contribution is 2.32. The molecule has 0 atom stereocenters. The highest BCUT2D eigenvalue weighted by molar-refractivity contribution is 5.97. The number of amides is 2. The van der Waals surface area contributed by atoms with Crippen molar-refractivity contribution in [1.82, 2.24) is 5.32 Å². The maximum absolute atomic E-state index is 13.6. The van der Waals surface area contributed by atoms with Gasteiger partial charge in [0.25, 0.3) is 5.91 Å². The summed E-state index contributed by atoms with van der Waals surface area (Å²) in [5.74, 6) is -3.96. The van der Waals surface area contributed by atoms with E-state index in [0.717, 1.165) is 12.1 Å². The summed E-state index contributed by atoms with van der Waals surface area (Å²) >= 11 is 0. The Morgan fingerprint density at radius 2 is 1.82 bits per heavy atom. The van der Waals surface area contributed by atoms with Crippen LogP contribution in [0.1, 0.15) is 21.5 Å². The van der Waals surface area contributed by atoms with Crippen molar-refractivity contribution in [1.29, 1.82) is 0 Å². The fourth-order valence-electron chi connectivity index (χ4n) is 2.29. The van der Waals surface area contributed by atoms with Gasteiger partial charge in [-0.15, -0.1) is 0 Å². The fraction of sp³-hybridized carbons (Fsp3) is 0.222. The molecule has 2 aromatic rings. The van der Waals surface area contributed by atoms with Crippen LogP contribution in [0.3, 0.4) is 0 Å². The summed E-state index contributed by atoms with van der Waals surface area (Å²) in [4.78, 5) is 23.8. The van der Waals surface area contributed by atoms with Gasteiger partial charge in [0.1, 0.15) is 6.61 Å². The molecule has 150 valence electrons. The highest BCUT2D eigenvalue weighted by atomic mass is 19.4. The van der Waals surface area contributed by atoms with Crippen molar-refractivity contribution in [3.63, 3.8) is 0 Å². The second kappa shape index (κ2) is 8.79. The number of carbonyl (C=O) groups excluding carboxylic acids is 2. The molecule has 28 heavy (non-hydrogen) atoms. The number of anilines is 1. The van der Waals surface area contributed by atoms with Gasteiger partial charge in [-0.3, -0.25) is 9.59 Å². The Bertz CT molecular complexity index is 884. The Hall–Kier alpha value is -3.01. The first-order valence-electron chi connectivity index (χ1n) is 7.84. The summed E-state index contributed by atoms with van der Waals surface area (Å²) in [5.41, 5.74) is -2.02. The van der Waals surface area contributed by atoms with Crippen LogP contribution in [0.2, 0.25) is 0 Å². The standard InChI is InChI=1S/C18H15F5N2O3/c1-28-9-15(26)25-13-6-11(5-12(7-13)18(21,22)23)17(27)24-8-10-3-2-4-14(19)16(10)20/h2-7H,8-9H2,1H3,(H,24,27)(H,25,26). The van der Waals surface area contributed by atoms with Gasteiger partial charge < -0.3 is 15.4 Å². The minimum Gasteiger partial charge on any atom is -0.375 e. The monoisotopic (exact) mass is 402 g/mol. The average Bonchev–Trinajstić information content (AvgIpc) is 2.62. The Balaban J connectivity index is 2.25. The van der Waals surface area contributed by atoms with E-state index in [1.54, 1.807) is 0 Å². The number of alkyl halides is 3. The maximum atomic E-state index is 13.6. The topological polar surface area (TPSA) is 67.4 Å². The molecule has 0 saturated heterocycles. The van der Waals surface area contributed by atoms with E-state index in [0.29, 0.717) is 12.1 Å². The number of halogens is 5. The molecule has 10 heteroatoms. The predicted octanol–water partition coefficient (Wildman–Crippen LogP) is 3.50. The minimum atomic E-state index is -4.77. The van der Waals surface area contributed by atoms with Crippen molar-refractivity contribution in [3.8, 4) is 0 Å². The largest absolute Gasteiger partial charge is 0.416 e. The van der Waals surface area contributed by atoms with Gasteiger partial charge in [0.2, 0.25) is 5.91 Å². The summed E-state index contributed by atoms with van der Waals surface area (Å²) in [7, 11) is 1.23. The summed E-state index contributed by atoms with van der Waals surface area (Å²) in [6.07, 6.45) is -4.77. The number of ether oxygens (including phenoxy) is 1. The average molecular weight is 402 g/mol. The molecule has 5 nitrogen and oxygen atoms in total. The van der Waals surface area contributed by atoms with E-state index < -0.39 is 53.9 Å². The number of rotatable bonds is 6. The van der Waals surface area contributed by atoms with Crippen molar-refractivity contribution in [2.24, 2.45) is 0 Å². The third-order valence-electron chi connectivity index (χ3n) is 3.55. The van der Waals surface area contributed by atoms with E-state index in [-0.39, 0.29) is 11.3 Å². The van der Waals surface area contributed by atoms with E-state index in [1.165, 1.54) is 19.2 Å². The summed E-state index contributed by atoms with van der Waals surface area (Å²) in [6.45, 7) is -0.833. The zero-order chi connectivity index (χ0) is 20.9. The van der Waals surface area contributed by atoms with E-state index in [2.05, 4.69) is 15.4 Å². The number of nitrogens with one attached hydrogen (secondary N) is 2. The Labute approximate surface area is 156 Å². The normalized spacial score (nSPS) is 11.2. The summed E-state index contributed by atoms with van der Waals surface area (Å²) < 4.78 is 70.6. The molecule has 2 aromatic carbocycles. The molecule has 2 rings (SSSR count). The number of hydrogen-bond donors (Lipinski definition) is 2. The van der Waals surface area contributed by atoms with E-state index in [4.69, 9.17) is 0 Å². The summed E-state index contributed by atoms with van der Waals surface area (Å²) in [6, 6.07) is 5.62. The first-order chi connectivity index (χ1) is 13.1. The van der Waals surface area contributed by atoms with Gasteiger partial charge in [0.05, 0.1) is 5.56 Å². The van der Waals surface area contributed by atoms with Crippen LogP contribution >= 0.6 is 0 Å². The van der Waals surface area contributed by atoms with Crippen LogP contribution in [0, 0.1) is 11.6 Å². The lowest BCUT2D eigenvalue weighted by Gasteiger charge is -2.13. The first kappa shape index (κ1) is 21.3. The van der Waals surface area contributed by atoms with E-state index in [1.807, 2.05) is 0 Å². The van der Waals surface area contributed by atoms with Crippen LogP contribution in [-0.2, 0) is 22.3 Å². The van der Waals surface area contributed by atoms with Gasteiger partial charge in [-0.2, -0.15) is 13.2 Å². The number of hydrogen-bond acceptors (Lipinski definition) is 3. The van der Waals surface area contributed by atoms with Crippen LogP contribution in [0.5, 0.6) is 0 Å². The van der Waals surface area contributed by atoms with Crippen LogP contribution < -0.4 is 10.6 Å². The number of methoxy groups -OCH3 is 1. The minimum absolute atomic E-state index is 0.172. The zero-order valence-electron chi connectivity index (χ0n) is 14.5. The molecule has 0 aliphatic carbocycles. The van der Waals surface area contributed by atoms with Gasteiger partial charge in [0, 0.05) is 30.5 Å². The third-order valence-corrected chi connectivity index (χ3v) is 3.55. The van der Waals surface area contributed by atoms with Crippen molar-refractivity contribution in [3.05, 3.63) is 64.7 Å². The molecule has 0 heterocycles. The van der Waals surface area contributed by atoms with Crippen molar-refractivity contribution < 1.29 is 36.3 Å². The number of benzene rings is 2. The molecule has 0 spiro atoms. The van der Waals surface area contributed by atoms with Crippen molar-refractivity contribution >= 4 is 17.5 Å². The molecular formula is C18H15F5N2O3. The lowest BCUT2D eigenvalue weighted by Crippen LogP contribution is -2.25. The molecule has 0 fully saturated rings. The van der Waals surface area contributed by atoms with Gasteiger partial charge in [-0.1, -0.05) is 12.1 Å². The molecule has 0 radical (unpaired) electrons. The zero-order valence-corrected chi connectivity index (χ0v) is 14.5. The van der Waals surface area contributed by atoms with Gasteiger partial charge in [-0.05, 0) is 24.3 Å². The molecule has 0 unspecified atom stereocenters. The van der Waals surface area contributed by atoms with Gasteiger partial charge in [-0.25, -0.2) is 8.78 Å². The molecule has 0 saturated carbocycles. The molecule has 0 aliphatic rings. The van der Waals surface area contributed by atoms with Crippen LogP contribution in [0.15, 0.2) is 36.4 Å². The van der Waals surface area contributed by atoms with Crippen molar-refractivity contribution in [2.75, 3.05) is 19.0 Å². The van der Waals surface area contributed by atoms with Crippen molar-refractivity contribution in [2.45, 2.75) is 12.7 Å². The van der Waals surface area contributed by atoms with Gasteiger partial charge >= 0.3 is 6.18 Å². The Morgan fingerprint density at radius 3 is 2.46 bits per heavy atom. The third kappa shape index (κ3) is 5.49. The number of carbonyl (C=O) groups is 2. The smallest absolute Gasteiger partial charge is 0.375 e. The van der Waals surface area contributed by atoms with Gasteiger partial charge in [0.15, 0.2) is 11.6 Å². The summed E-state index contributed by atoms with van der Waals surface area (Å²) in [5, 5.41) is 4.40. The second-order valence-corrected chi connectivity index (χ2v) is 5.67. The van der Waals surface area contributed by atoms with E-state index in [9.17, 15) is 31.5 Å². The maximum Gasteiger partial charge on any atom is 0.416 e. The molecule has 0 bridgehead atoms. The lowest BCUT2D eigenvalue weighted by molar-refractivity contribution is -0.137. The lowest BCUT2D eigenvalue weighted by atomic mass is 10.1. The Kier molecular flexibility index (Phi) is 6.68. The highest BCUT2D eigenvalue weighted by Gasteiger charge is 2.32. The van der Waals surface area contributed by atoms with Crippen LogP contribution in [-0.4, -0.2) is 25.5 Å². The fourth-order valence-corrected chi connectivity index (χ4v) is 2.29. The molecule has 2 amide bonds. The Morgan fingerprint density at radius 1 is 1.11 bits per heavy atom. The molecular weight excluding hydrogens is 387 g/mol.